The van der Waals surface area contributed by atoms with Crippen molar-refractivity contribution in [1.82, 2.24) is 0 Å². The summed E-state index contributed by atoms with van der Waals surface area (Å²) >= 11 is 0. The molecule has 0 aromatic heterocycles. The van der Waals surface area contributed by atoms with Gasteiger partial charge in [0.25, 0.3) is 0 Å². The minimum absolute atomic E-state index is 0.0743. The molecule has 0 N–H and O–H groups in total. The van der Waals surface area contributed by atoms with Crippen LogP contribution in [0, 0.1) is 0 Å². The van der Waals surface area contributed by atoms with Crippen LogP contribution >= 0.6 is 0 Å². The fourth-order valence-electron chi connectivity index (χ4n) is 10.3. The van der Waals surface area contributed by atoms with Gasteiger partial charge in [-0.2, -0.15) is 0 Å². The lowest BCUT2D eigenvalue weighted by Crippen LogP contribution is -2.30. The second-order valence-corrected chi connectivity index (χ2v) is 23.8. The van der Waals surface area contributed by atoms with Crippen LogP contribution in [-0.4, -0.2) is 37.2 Å². The van der Waals surface area contributed by atoms with E-state index in [9.17, 15) is 14.4 Å². The molecule has 0 aromatic rings. The van der Waals surface area contributed by atoms with E-state index < -0.39 is 6.10 Å². The Hall–Kier alpha value is -3.41. The molecule has 0 saturated carbocycles. The van der Waals surface area contributed by atoms with Crippen molar-refractivity contribution in [2.75, 3.05) is 13.2 Å². The van der Waals surface area contributed by atoms with Crippen molar-refractivity contribution >= 4 is 17.9 Å². The van der Waals surface area contributed by atoms with E-state index >= 15 is 0 Å². The third-order valence-electron chi connectivity index (χ3n) is 15.6. The quantitative estimate of drug-likeness (QED) is 0.0261. The molecule has 0 amide bonds. The summed E-state index contributed by atoms with van der Waals surface area (Å²) in [7, 11) is 0. The summed E-state index contributed by atoms with van der Waals surface area (Å²) in [6, 6.07) is 0. The molecule has 0 rings (SSSR count). The van der Waals surface area contributed by atoms with Crippen LogP contribution < -0.4 is 0 Å². The predicted octanol–water partition coefficient (Wildman–Crippen LogP) is 24.6. The lowest BCUT2D eigenvalue weighted by Gasteiger charge is -2.18. The average Bonchev–Trinajstić information content (AvgIpc) is 3.47. The number of carbonyl (C=O) groups is 3. The maximum Gasteiger partial charge on any atom is 0.306 e. The number of hydrogen-bond acceptors (Lipinski definition) is 6. The summed E-state index contributed by atoms with van der Waals surface area (Å²) in [4.78, 5) is 38.5. The van der Waals surface area contributed by atoms with Gasteiger partial charge in [-0.3, -0.25) is 14.4 Å². The van der Waals surface area contributed by atoms with Crippen molar-refractivity contribution in [3.05, 3.63) is 85.1 Å². The summed E-state index contributed by atoms with van der Waals surface area (Å²) < 4.78 is 17.0. The smallest absolute Gasteiger partial charge is 0.306 e. The summed E-state index contributed by atoms with van der Waals surface area (Å²) in [5.41, 5.74) is 0. The fraction of sp³-hybridized carbons (Fsp3) is 0.776. The minimum atomic E-state index is -0.780. The van der Waals surface area contributed by atoms with E-state index in [4.69, 9.17) is 14.2 Å². The van der Waals surface area contributed by atoms with Gasteiger partial charge in [0.1, 0.15) is 13.2 Å². The van der Waals surface area contributed by atoms with Gasteiger partial charge in [-0.05, 0) is 96.3 Å². The summed E-state index contributed by atoms with van der Waals surface area (Å²) in [6.45, 7) is 6.56. The Labute approximate surface area is 509 Å². The second kappa shape index (κ2) is 70.1. The normalized spacial score (nSPS) is 12.6. The second-order valence-electron chi connectivity index (χ2n) is 23.8. The molecule has 6 nitrogen and oxygen atoms in total. The molecule has 0 aliphatic carbocycles. The molecule has 0 aliphatic heterocycles. The van der Waals surface area contributed by atoms with Gasteiger partial charge < -0.3 is 14.2 Å². The van der Waals surface area contributed by atoms with E-state index in [1.54, 1.807) is 0 Å². The van der Waals surface area contributed by atoms with Crippen LogP contribution in [-0.2, 0) is 28.6 Å². The van der Waals surface area contributed by atoms with Gasteiger partial charge in [0.2, 0.25) is 0 Å². The molecule has 0 fully saturated rings. The Morgan fingerprint density at radius 2 is 0.476 bits per heavy atom. The van der Waals surface area contributed by atoms with Crippen LogP contribution in [0.25, 0.3) is 0 Å². The maximum atomic E-state index is 13.0. The van der Waals surface area contributed by atoms with Gasteiger partial charge in [-0.25, -0.2) is 0 Å². The van der Waals surface area contributed by atoms with Gasteiger partial charge in [-0.15, -0.1) is 0 Å². The number of esters is 3. The van der Waals surface area contributed by atoms with E-state index in [-0.39, 0.29) is 31.1 Å². The molecule has 0 spiro atoms. The average molecular weight is 1140 g/mol. The van der Waals surface area contributed by atoms with Crippen LogP contribution in [0.2, 0.25) is 0 Å². The lowest BCUT2D eigenvalue weighted by atomic mass is 10.0. The van der Waals surface area contributed by atoms with Gasteiger partial charge in [-0.1, -0.05) is 331 Å². The lowest BCUT2D eigenvalue weighted by molar-refractivity contribution is -0.167. The Balaban J connectivity index is 4.30. The van der Waals surface area contributed by atoms with E-state index in [0.29, 0.717) is 19.3 Å². The molecule has 0 aromatic carbocycles. The number of ether oxygens (including phenoxy) is 3. The summed E-state index contributed by atoms with van der Waals surface area (Å²) in [5, 5.41) is 0. The predicted molar refractivity (Wildman–Crippen MR) is 358 cm³/mol. The first kappa shape index (κ1) is 78.6. The van der Waals surface area contributed by atoms with Crippen LogP contribution in [0.1, 0.15) is 361 Å². The molecule has 0 radical (unpaired) electrons. The van der Waals surface area contributed by atoms with Gasteiger partial charge >= 0.3 is 17.9 Å². The van der Waals surface area contributed by atoms with Crippen molar-refractivity contribution in [3.63, 3.8) is 0 Å². The first-order chi connectivity index (χ1) is 40.5. The molecule has 0 bridgehead atoms. The third kappa shape index (κ3) is 67.4. The van der Waals surface area contributed by atoms with Crippen molar-refractivity contribution in [2.24, 2.45) is 0 Å². The first-order valence-electron chi connectivity index (χ1n) is 35.6. The Morgan fingerprint density at radius 3 is 0.744 bits per heavy atom. The summed E-state index contributed by atoms with van der Waals surface area (Å²) in [5.74, 6) is -0.860. The standard InChI is InChI=1S/C76H134O6/c1-4-7-10-13-16-19-22-25-28-30-32-34-36-38-40-42-44-46-48-51-54-57-60-63-66-69-75(78)81-72-73(71-80-74(77)68-65-62-59-56-53-50-27-24-21-18-15-12-9-6-3)82-76(79)70-67-64-61-58-55-52-49-47-45-43-41-39-37-35-33-31-29-26-23-20-17-14-11-8-5-2/h7,10,16,19,23,25-26,28,31-34,37,39,73H,4-6,8-9,11-15,17-18,20-22,24,27,29-30,35-36,38,40-72H2,1-3H3/b10-7-,19-16-,26-23-,28-25-,33-31-,34-32-,39-37-. The molecule has 82 heavy (non-hydrogen) atoms. The van der Waals surface area contributed by atoms with Crippen molar-refractivity contribution in [1.29, 1.82) is 0 Å². The third-order valence-corrected chi connectivity index (χ3v) is 15.6. The van der Waals surface area contributed by atoms with E-state index in [2.05, 4.69) is 106 Å². The highest BCUT2D eigenvalue weighted by molar-refractivity contribution is 5.71. The Morgan fingerprint density at radius 1 is 0.256 bits per heavy atom. The Kier molecular flexibility index (Phi) is 67.2. The molecule has 1 atom stereocenters. The van der Waals surface area contributed by atoms with Crippen LogP contribution in [0.4, 0.5) is 0 Å². The molecular weight excluding hydrogens is 1010 g/mol. The maximum absolute atomic E-state index is 13.0. The van der Waals surface area contributed by atoms with E-state index in [1.807, 2.05) is 0 Å². The monoisotopic (exact) mass is 1140 g/mol. The number of unbranched alkanes of at least 4 members (excludes halogenated alkanes) is 40. The molecule has 1 unspecified atom stereocenters. The first-order valence-corrected chi connectivity index (χ1v) is 35.6. The minimum Gasteiger partial charge on any atom is -0.462 e. The summed E-state index contributed by atoms with van der Waals surface area (Å²) in [6.07, 6.45) is 93.2. The number of rotatable bonds is 65. The molecular formula is C76H134O6. The van der Waals surface area contributed by atoms with Crippen LogP contribution in [0.3, 0.4) is 0 Å². The number of allylic oxidation sites excluding steroid dienone is 14. The van der Waals surface area contributed by atoms with E-state index in [0.717, 1.165) is 96.3 Å². The highest BCUT2D eigenvalue weighted by Crippen LogP contribution is 2.18. The molecule has 0 aliphatic rings. The highest BCUT2D eigenvalue weighted by atomic mass is 16.6. The molecule has 0 saturated heterocycles. The number of hydrogen-bond donors (Lipinski definition) is 0. The molecule has 474 valence electrons. The van der Waals surface area contributed by atoms with Crippen LogP contribution in [0.5, 0.6) is 0 Å². The van der Waals surface area contributed by atoms with Gasteiger partial charge in [0.05, 0.1) is 0 Å². The topological polar surface area (TPSA) is 78.9 Å². The van der Waals surface area contributed by atoms with Crippen LogP contribution in [0.15, 0.2) is 85.1 Å². The zero-order valence-corrected chi connectivity index (χ0v) is 54.5. The molecule has 6 heteroatoms. The van der Waals surface area contributed by atoms with Crippen molar-refractivity contribution in [2.45, 2.75) is 367 Å². The SMILES string of the molecule is CC/C=C\C/C=C\C/C=C\C/C=C\CCCCCCCCCCCCCCC(=O)OCC(COC(=O)CCCCCCCCCCCCCCCC)OC(=O)CCCCCCCCCCCC/C=C\C/C=C\C/C=C\CCCCCCC. The number of carbonyl (C=O) groups excluding carboxylic acids is 3. The fourth-order valence-corrected chi connectivity index (χ4v) is 10.3. The zero-order chi connectivity index (χ0) is 59.2. The van der Waals surface area contributed by atoms with Gasteiger partial charge in [0, 0.05) is 19.3 Å². The Bertz CT molecular complexity index is 1550. The van der Waals surface area contributed by atoms with Crippen molar-refractivity contribution < 1.29 is 28.6 Å². The highest BCUT2D eigenvalue weighted by Gasteiger charge is 2.19. The van der Waals surface area contributed by atoms with Crippen molar-refractivity contribution in [3.8, 4) is 0 Å². The van der Waals surface area contributed by atoms with Gasteiger partial charge in [0.15, 0.2) is 6.10 Å². The zero-order valence-electron chi connectivity index (χ0n) is 54.5. The largest absolute Gasteiger partial charge is 0.462 e. The van der Waals surface area contributed by atoms with E-state index in [1.165, 1.54) is 225 Å². The molecule has 0 heterocycles.